The van der Waals surface area contributed by atoms with Crippen molar-refractivity contribution < 1.29 is 0 Å². The van der Waals surface area contributed by atoms with Crippen molar-refractivity contribution in [1.29, 1.82) is 0 Å². The van der Waals surface area contributed by atoms with Gasteiger partial charge in [-0.2, -0.15) is 0 Å². The Balaban J connectivity index is 1.49. The molecule has 2 heteroatoms. The normalized spacial score (nSPS) is 13.4. The van der Waals surface area contributed by atoms with Gasteiger partial charge in [0.25, 0.3) is 0 Å². The monoisotopic (exact) mass is 697 g/mol. The van der Waals surface area contributed by atoms with Crippen LogP contribution in [-0.4, -0.2) is 9.55 Å². The highest BCUT2D eigenvalue weighted by Gasteiger charge is 2.39. The highest BCUT2D eigenvalue weighted by Crippen LogP contribution is 2.44. The van der Waals surface area contributed by atoms with Crippen molar-refractivity contribution in [1.82, 2.24) is 9.55 Å². The van der Waals surface area contributed by atoms with Gasteiger partial charge in [0.2, 0.25) is 0 Å². The zero-order chi connectivity index (χ0) is 36.1. The fourth-order valence-electron chi connectivity index (χ4n) is 8.48. The molecule has 0 aliphatic rings. The smallest absolute Gasteiger partial charge is 0.112 e. The van der Waals surface area contributed by atoms with Gasteiger partial charge < -0.3 is 4.57 Å². The van der Waals surface area contributed by atoms with E-state index < -0.39 is 0 Å². The Bertz CT molecular complexity index is 1180. The SMILES string of the molecule is CCCCCCCCCCCCCCCCCCCn1ccnc1C(CCCCCCCCCCC)C(C)(Cc1ccccc1)c1ccccc1. The molecule has 0 fully saturated rings. The largest absolute Gasteiger partial charge is 0.335 e. The van der Waals surface area contributed by atoms with Crippen molar-refractivity contribution in [3.63, 3.8) is 0 Å². The maximum Gasteiger partial charge on any atom is 0.112 e. The predicted molar refractivity (Wildman–Crippen MR) is 225 cm³/mol. The van der Waals surface area contributed by atoms with Crippen LogP contribution in [0, 0.1) is 0 Å². The lowest BCUT2D eigenvalue weighted by Crippen LogP contribution is -2.35. The van der Waals surface area contributed by atoms with Gasteiger partial charge in [0.05, 0.1) is 0 Å². The number of aromatic nitrogens is 2. The topological polar surface area (TPSA) is 17.8 Å². The molecule has 0 amide bonds. The van der Waals surface area contributed by atoms with E-state index in [0.717, 1.165) is 13.0 Å². The van der Waals surface area contributed by atoms with E-state index in [1.165, 1.54) is 190 Å². The molecule has 0 aliphatic carbocycles. The summed E-state index contributed by atoms with van der Waals surface area (Å²) in [7, 11) is 0. The number of rotatable bonds is 33. The van der Waals surface area contributed by atoms with E-state index in [1.807, 2.05) is 0 Å². The van der Waals surface area contributed by atoms with Gasteiger partial charge in [-0.15, -0.1) is 0 Å². The molecule has 0 bridgehead atoms. The van der Waals surface area contributed by atoms with Crippen LogP contribution in [0.1, 0.15) is 217 Å². The Labute approximate surface area is 317 Å². The van der Waals surface area contributed by atoms with E-state index >= 15 is 0 Å². The van der Waals surface area contributed by atoms with Crippen molar-refractivity contribution in [2.75, 3.05) is 0 Å². The highest BCUT2D eigenvalue weighted by molar-refractivity contribution is 5.33. The van der Waals surface area contributed by atoms with Crippen LogP contribution in [0.15, 0.2) is 73.1 Å². The van der Waals surface area contributed by atoms with E-state index in [9.17, 15) is 0 Å². The Kier molecular flexibility index (Phi) is 23.8. The molecule has 2 unspecified atom stereocenters. The molecular formula is C49H80N2. The van der Waals surface area contributed by atoms with Crippen LogP contribution >= 0.6 is 0 Å². The van der Waals surface area contributed by atoms with Crippen molar-refractivity contribution in [2.45, 2.75) is 218 Å². The van der Waals surface area contributed by atoms with Gasteiger partial charge in [0, 0.05) is 30.3 Å². The first-order valence-electron chi connectivity index (χ1n) is 22.3. The first-order valence-corrected chi connectivity index (χ1v) is 22.3. The predicted octanol–water partition coefficient (Wildman–Crippen LogP) is 15.7. The van der Waals surface area contributed by atoms with Crippen molar-refractivity contribution >= 4 is 0 Å². The summed E-state index contributed by atoms with van der Waals surface area (Å²) in [5.41, 5.74) is 2.84. The Morgan fingerprint density at radius 1 is 0.510 bits per heavy atom. The highest BCUT2D eigenvalue weighted by atomic mass is 15.1. The minimum absolute atomic E-state index is 0.0277. The van der Waals surface area contributed by atoms with Crippen LogP contribution in [0.4, 0.5) is 0 Å². The van der Waals surface area contributed by atoms with E-state index in [0.29, 0.717) is 5.92 Å². The zero-order valence-corrected chi connectivity index (χ0v) is 33.9. The summed E-state index contributed by atoms with van der Waals surface area (Å²) >= 11 is 0. The van der Waals surface area contributed by atoms with Gasteiger partial charge in [0.15, 0.2) is 0 Å². The zero-order valence-electron chi connectivity index (χ0n) is 33.9. The Morgan fingerprint density at radius 2 is 0.922 bits per heavy atom. The average Bonchev–Trinajstić information content (AvgIpc) is 3.62. The molecule has 0 spiro atoms. The number of hydrogen-bond donors (Lipinski definition) is 0. The summed E-state index contributed by atoms with van der Waals surface area (Å²) in [5.74, 6) is 1.69. The molecule has 0 saturated heterocycles. The molecule has 2 atom stereocenters. The fourth-order valence-corrected chi connectivity index (χ4v) is 8.48. The summed E-state index contributed by atoms with van der Waals surface area (Å²) in [6.45, 7) is 8.24. The number of nitrogens with zero attached hydrogens (tertiary/aromatic N) is 2. The van der Waals surface area contributed by atoms with Gasteiger partial charge in [-0.3, -0.25) is 0 Å². The molecule has 0 aliphatic heterocycles. The summed E-state index contributed by atoms with van der Waals surface area (Å²) < 4.78 is 2.54. The molecule has 2 nitrogen and oxygen atoms in total. The Hall–Kier alpha value is -2.35. The average molecular weight is 697 g/mol. The van der Waals surface area contributed by atoms with E-state index in [-0.39, 0.29) is 5.41 Å². The first kappa shape index (κ1) is 43.1. The van der Waals surface area contributed by atoms with Crippen LogP contribution in [-0.2, 0) is 18.4 Å². The minimum Gasteiger partial charge on any atom is -0.335 e. The molecule has 2 aromatic carbocycles. The summed E-state index contributed by atoms with van der Waals surface area (Å²) in [6, 6.07) is 22.6. The number of aryl methyl sites for hydroxylation is 1. The van der Waals surface area contributed by atoms with Crippen LogP contribution in [0.2, 0.25) is 0 Å². The van der Waals surface area contributed by atoms with Crippen LogP contribution < -0.4 is 0 Å². The lowest BCUT2D eigenvalue weighted by Gasteiger charge is -2.39. The molecule has 1 aromatic heterocycles. The fraction of sp³-hybridized carbons (Fsp3) is 0.694. The van der Waals surface area contributed by atoms with Crippen molar-refractivity contribution in [3.8, 4) is 0 Å². The standard InChI is InChI=1S/C49H80N2/c1-4-6-8-10-12-14-15-16-17-18-19-20-21-23-25-27-35-42-51-43-41-50-48(51)47(40-34-26-24-22-13-11-9-7-5-2)49(3,46-38-32-29-33-39-46)44-45-36-30-28-31-37-45/h28-33,36-39,41,43,47H,4-27,34-35,40,42,44H2,1-3H3. The summed E-state index contributed by atoms with van der Waals surface area (Å²) in [5, 5.41) is 0. The molecular weight excluding hydrogens is 617 g/mol. The van der Waals surface area contributed by atoms with Crippen LogP contribution in [0.3, 0.4) is 0 Å². The van der Waals surface area contributed by atoms with Gasteiger partial charge >= 0.3 is 0 Å². The summed E-state index contributed by atoms with van der Waals surface area (Å²) in [4.78, 5) is 5.16. The summed E-state index contributed by atoms with van der Waals surface area (Å²) in [6.07, 6.45) is 43.0. The number of benzene rings is 2. The third kappa shape index (κ3) is 17.8. The van der Waals surface area contributed by atoms with Gasteiger partial charge in [0.1, 0.15) is 5.82 Å². The number of unbranched alkanes of at least 4 members (excludes halogenated alkanes) is 24. The second kappa shape index (κ2) is 28.2. The van der Waals surface area contributed by atoms with Gasteiger partial charge in [-0.05, 0) is 30.4 Å². The molecule has 3 aromatic rings. The molecule has 0 N–H and O–H groups in total. The second-order valence-corrected chi connectivity index (χ2v) is 16.3. The number of imidazole rings is 1. The first-order chi connectivity index (χ1) is 25.2. The molecule has 51 heavy (non-hydrogen) atoms. The van der Waals surface area contributed by atoms with Crippen molar-refractivity contribution in [3.05, 3.63) is 90.0 Å². The number of hydrogen-bond acceptors (Lipinski definition) is 1. The minimum atomic E-state index is -0.0277. The van der Waals surface area contributed by atoms with Crippen LogP contribution in [0.25, 0.3) is 0 Å². The molecule has 3 rings (SSSR count). The van der Waals surface area contributed by atoms with Crippen molar-refractivity contribution in [2.24, 2.45) is 0 Å². The Morgan fingerprint density at radius 3 is 1.39 bits per heavy atom. The molecule has 0 radical (unpaired) electrons. The van der Waals surface area contributed by atoms with E-state index in [1.54, 1.807) is 0 Å². The van der Waals surface area contributed by atoms with Crippen LogP contribution in [0.5, 0.6) is 0 Å². The third-order valence-corrected chi connectivity index (χ3v) is 11.8. The second-order valence-electron chi connectivity index (χ2n) is 16.3. The maximum atomic E-state index is 5.16. The third-order valence-electron chi connectivity index (χ3n) is 11.8. The van der Waals surface area contributed by atoms with Gasteiger partial charge in [-0.25, -0.2) is 4.98 Å². The molecule has 286 valence electrons. The lowest BCUT2D eigenvalue weighted by atomic mass is 9.66. The van der Waals surface area contributed by atoms with E-state index in [4.69, 9.17) is 4.98 Å². The molecule has 1 heterocycles. The van der Waals surface area contributed by atoms with E-state index in [2.05, 4.69) is 98.4 Å². The lowest BCUT2D eigenvalue weighted by molar-refractivity contribution is 0.321. The molecule has 0 saturated carbocycles. The maximum absolute atomic E-state index is 5.16. The quantitative estimate of drug-likeness (QED) is 0.0580. The van der Waals surface area contributed by atoms with Gasteiger partial charge in [-0.1, -0.05) is 242 Å².